The molecule has 2 aliphatic heterocycles. The second-order valence-electron chi connectivity index (χ2n) is 7.20. The summed E-state index contributed by atoms with van der Waals surface area (Å²) in [4.78, 5) is 15.7. The Balaban J connectivity index is 1.59. The number of anilines is 1. The molecule has 4 heteroatoms. The molecule has 0 aliphatic carbocycles. The Hall–Kier alpha value is -1.39. The van der Waals surface area contributed by atoms with Crippen molar-refractivity contribution in [3.8, 4) is 0 Å². The van der Waals surface area contributed by atoms with Crippen molar-refractivity contribution in [1.82, 2.24) is 0 Å². The van der Waals surface area contributed by atoms with Gasteiger partial charge >= 0.3 is 0 Å². The van der Waals surface area contributed by atoms with Gasteiger partial charge in [-0.25, -0.2) is 0 Å². The molecule has 120 valence electrons. The first-order valence-electron chi connectivity index (χ1n) is 8.59. The molecule has 0 saturated carbocycles. The van der Waals surface area contributed by atoms with E-state index < -0.39 is 0 Å². The molecule has 1 aromatic rings. The average Bonchev–Trinajstić information content (AvgIpc) is 2.90. The van der Waals surface area contributed by atoms with Gasteiger partial charge in [-0.3, -0.25) is 4.79 Å². The molecule has 1 aromatic carbocycles. The summed E-state index contributed by atoms with van der Waals surface area (Å²) >= 11 is 0. The standard InChI is InChI=1S/C18H27N3O/c1-13-9-14(2)18(15(3)10-13)19-17(22)12-20-7-8-21-6-4-5-16(21)11-20/h9-10,16H,4-8,11-12H2,1-3H3,(H,19,22)/p+2/t16-/m1/s1. The van der Waals surface area contributed by atoms with Crippen molar-refractivity contribution in [2.75, 3.05) is 38.0 Å². The maximum Gasteiger partial charge on any atom is 0.279 e. The van der Waals surface area contributed by atoms with Gasteiger partial charge in [0.2, 0.25) is 0 Å². The van der Waals surface area contributed by atoms with E-state index in [2.05, 4.69) is 38.2 Å². The Morgan fingerprint density at radius 2 is 1.91 bits per heavy atom. The first-order chi connectivity index (χ1) is 10.5. The Morgan fingerprint density at radius 3 is 2.64 bits per heavy atom. The second kappa shape index (κ2) is 6.39. The van der Waals surface area contributed by atoms with Crippen LogP contribution in [-0.4, -0.2) is 44.7 Å². The summed E-state index contributed by atoms with van der Waals surface area (Å²) < 4.78 is 0. The highest BCUT2D eigenvalue weighted by Gasteiger charge is 2.37. The molecule has 4 nitrogen and oxygen atoms in total. The molecule has 22 heavy (non-hydrogen) atoms. The van der Waals surface area contributed by atoms with Gasteiger partial charge < -0.3 is 15.1 Å². The number of hydrogen-bond donors (Lipinski definition) is 3. The van der Waals surface area contributed by atoms with E-state index in [-0.39, 0.29) is 5.91 Å². The largest absolute Gasteiger partial charge is 0.323 e. The number of piperazine rings is 1. The van der Waals surface area contributed by atoms with E-state index in [1.807, 2.05) is 0 Å². The predicted octanol–water partition coefficient (Wildman–Crippen LogP) is -0.504. The van der Waals surface area contributed by atoms with Crippen LogP contribution in [0.4, 0.5) is 5.69 Å². The average molecular weight is 303 g/mol. The van der Waals surface area contributed by atoms with Gasteiger partial charge in [-0.15, -0.1) is 0 Å². The van der Waals surface area contributed by atoms with Crippen LogP contribution >= 0.6 is 0 Å². The third-order valence-electron chi connectivity index (χ3n) is 5.31. The number of nitrogens with one attached hydrogen (secondary N) is 3. The molecule has 1 amide bonds. The van der Waals surface area contributed by atoms with E-state index in [1.165, 1.54) is 36.4 Å². The van der Waals surface area contributed by atoms with Crippen LogP contribution in [0.3, 0.4) is 0 Å². The van der Waals surface area contributed by atoms with Crippen LogP contribution in [-0.2, 0) is 4.79 Å². The van der Waals surface area contributed by atoms with Gasteiger partial charge in [0.25, 0.3) is 5.91 Å². The fourth-order valence-corrected chi connectivity index (χ4v) is 4.30. The van der Waals surface area contributed by atoms with Crippen molar-refractivity contribution in [2.24, 2.45) is 0 Å². The van der Waals surface area contributed by atoms with Crippen LogP contribution < -0.4 is 15.1 Å². The van der Waals surface area contributed by atoms with Gasteiger partial charge in [0.05, 0.1) is 6.54 Å². The molecule has 0 spiro atoms. The quantitative estimate of drug-likeness (QED) is 0.692. The Bertz CT molecular complexity index is 546. The molecule has 2 saturated heterocycles. The van der Waals surface area contributed by atoms with Crippen molar-refractivity contribution in [2.45, 2.75) is 39.7 Å². The summed E-state index contributed by atoms with van der Waals surface area (Å²) in [5.41, 5.74) is 4.57. The molecule has 0 bridgehead atoms. The maximum absolute atomic E-state index is 12.4. The summed E-state index contributed by atoms with van der Waals surface area (Å²) in [6.45, 7) is 11.7. The van der Waals surface area contributed by atoms with Crippen LogP contribution in [0.15, 0.2) is 12.1 Å². The summed E-state index contributed by atoms with van der Waals surface area (Å²) in [5.74, 6) is 0.159. The van der Waals surface area contributed by atoms with E-state index in [0.717, 1.165) is 35.9 Å². The number of carbonyl (C=O) groups is 1. The van der Waals surface area contributed by atoms with Crippen molar-refractivity contribution >= 4 is 11.6 Å². The number of rotatable bonds is 3. The highest BCUT2D eigenvalue weighted by Crippen LogP contribution is 2.21. The third-order valence-corrected chi connectivity index (χ3v) is 5.31. The topological polar surface area (TPSA) is 38.0 Å². The number of fused-ring (bicyclic) bond motifs is 1. The molecule has 3 N–H and O–H groups in total. The zero-order chi connectivity index (χ0) is 15.7. The second-order valence-corrected chi connectivity index (χ2v) is 7.20. The van der Waals surface area contributed by atoms with E-state index in [0.29, 0.717) is 6.54 Å². The fourth-order valence-electron chi connectivity index (χ4n) is 4.30. The highest BCUT2D eigenvalue weighted by molar-refractivity contribution is 5.93. The van der Waals surface area contributed by atoms with Gasteiger partial charge in [-0.1, -0.05) is 17.7 Å². The smallest absolute Gasteiger partial charge is 0.279 e. The third kappa shape index (κ3) is 3.33. The predicted molar refractivity (Wildman–Crippen MR) is 88.6 cm³/mol. The van der Waals surface area contributed by atoms with Crippen LogP contribution in [0.25, 0.3) is 0 Å². The monoisotopic (exact) mass is 303 g/mol. The number of amides is 1. The molecule has 0 aromatic heterocycles. The normalized spacial score (nSPS) is 27.5. The lowest BCUT2D eigenvalue weighted by Crippen LogP contribution is -3.30. The van der Waals surface area contributed by atoms with Crippen LogP contribution in [0, 0.1) is 20.8 Å². The summed E-state index contributed by atoms with van der Waals surface area (Å²) in [6, 6.07) is 5.06. The fraction of sp³-hybridized carbons (Fsp3) is 0.611. The summed E-state index contributed by atoms with van der Waals surface area (Å²) in [5, 5.41) is 3.15. The van der Waals surface area contributed by atoms with Gasteiger partial charge in [-0.2, -0.15) is 0 Å². The van der Waals surface area contributed by atoms with Crippen LogP contribution in [0.2, 0.25) is 0 Å². The SMILES string of the molecule is Cc1cc(C)c(NC(=O)C[NH+]2CC[NH+]3CCC[C@@H]3C2)c(C)c1. The molecule has 3 atom stereocenters. The van der Waals surface area contributed by atoms with Crippen LogP contribution in [0.5, 0.6) is 0 Å². The van der Waals surface area contributed by atoms with Crippen molar-refractivity contribution in [1.29, 1.82) is 0 Å². The molecular weight excluding hydrogens is 274 g/mol. The van der Waals surface area contributed by atoms with E-state index in [9.17, 15) is 4.79 Å². The molecule has 2 fully saturated rings. The first kappa shape index (κ1) is 15.5. The number of carbonyl (C=O) groups excluding carboxylic acids is 1. The maximum atomic E-state index is 12.4. The summed E-state index contributed by atoms with van der Waals surface area (Å²) in [6.07, 6.45) is 2.71. The molecule has 2 aliphatic rings. The van der Waals surface area contributed by atoms with Crippen molar-refractivity contribution in [3.05, 3.63) is 28.8 Å². The highest BCUT2D eigenvalue weighted by atomic mass is 16.2. The lowest BCUT2D eigenvalue weighted by atomic mass is 10.1. The minimum absolute atomic E-state index is 0.159. The Morgan fingerprint density at radius 1 is 1.18 bits per heavy atom. The lowest BCUT2D eigenvalue weighted by molar-refractivity contribution is -1.02. The van der Waals surface area contributed by atoms with Crippen LogP contribution in [0.1, 0.15) is 29.5 Å². The summed E-state index contributed by atoms with van der Waals surface area (Å²) in [7, 11) is 0. The molecule has 2 heterocycles. The Kier molecular flexibility index (Phi) is 4.50. The number of hydrogen-bond acceptors (Lipinski definition) is 1. The van der Waals surface area contributed by atoms with E-state index in [4.69, 9.17) is 0 Å². The lowest BCUT2D eigenvalue weighted by Gasteiger charge is -2.31. The number of quaternary nitrogens is 2. The zero-order valence-corrected chi connectivity index (χ0v) is 14.1. The van der Waals surface area contributed by atoms with Crippen molar-refractivity contribution in [3.63, 3.8) is 0 Å². The van der Waals surface area contributed by atoms with Gasteiger partial charge in [0.15, 0.2) is 6.54 Å². The van der Waals surface area contributed by atoms with Gasteiger partial charge in [0.1, 0.15) is 25.7 Å². The Labute approximate surface area is 133 Å². The minimum Gasteiger partial charge on any atom is -0.323 e. The minimum atomic E-state index is 0.159. The van der Waals surface area contributed by atoms with E-state index in [1.54, 1.807) is 4.90 Å². The first-order valence-corrected chi connectivity index (χ1v) is 8.59. The number of aryl methyl sites for hydroxylation is 3. The van der Waals surface area contributed by atoms with Crippen molar-refractivity contribution < 1.29 is 14.6 Å². The molecule has 3 rings (SSSR count). The molecular formula is C18H29N3O+2. The van der Waals surface area contributed by atoms with Gasteiger partial charge in [0, 0.05) is 18.5 Å². The number of benzene rings is 1. The molecule has 0 radical (unpaired) electrons. The van der Waals surface area contributed by atoms with E-state index >= 15 is 0 Å². The molecule has 2 unspecified atom stereocenters. The van der Waals surface area contributed by atoms with Gasteiger partial charge in [-0.05, 0) is 31.9 Å². The zero-order valence-electron chi connectivity index (χ0n) is 14.1.